The number of esters is 1. The molecule has 24 heavy (non-hydrogen) atoms. The van der Waals surface area contributed by atoms with Crippen molar-refractivity contribution in [1.29, 1.82) is 0 Å². The van der Waals surface area contributed by atoms with Gasteiger partial charge in [-0.2, -0.15) is 0 Å². The first kappa shape index (κ1) is 18.5. The van der Waals surface area contributed by atoms with Crippen LogP contribution >= 0.6 is 0 Å². The van der Waals surface area contributed by atoms with Crippen LogP contribution in [0, 0.1) is 0 Å². The fourth-order valence-corrected chi connectivity index (χ4v) is 3.30. The molecule has 1 aromatic rings. The Balaban J connectivity index is 1.94. The molecule has 1 aromatic carbocycles. The first-order chi connectivity index (χ1) is 11.2. The summed E-state index contributed by atoms with van der Waals surface area (Å²) < 4.78 is 5.24. The van der Waals surface area contributed by atoms with Crippen molar-refractivity contribution in [3.05, 3.63) is 35.4 Å². The monoisotopic (exact) mass is 331 g/mol. The molecular weight excluding hydrogens is 302 g/mol. The van der Waals surface area contributed by atoms with Gasteiger partial charge in [-0.05, 0) is 56.2 Å². The van der Waals surface area contributed by atoms with Crippen LogP contribution in [0.15, 0.2) is 24.3 Å². The second-order valence-corrected chi connectivity index (χ2v) is 7.83. The number of nitrogens with zero attached hydrogens (tertiary/aromatic N) is 1. The van der Waals surface area contributed by atoms with E-state index in [-0.39, 0.29) is 30.0 Å². The highest BCUT2D eigenvalue weighted by molar-refractivity contribution is 5.91. The summed E-state index contributed by atoms with van der Waals surface area (Å²) in [5.41, 5.74) is 1.68. The van der Waals surface area contributed by atoms with Gasteiger partial charge >= 0.3 is 5.97 Å². The lowest BCUT2D eigenvalue weighted by atomic mass is 9.87. The molecule has 0 aromatic heterocycles. The SMILES string of the molecule is CC1CCCC(C)N1C(=O)COC(=O)c1ccc(C(C)(C)C)cc1. The molecule has 0 saturated carbocycles. The highest BCUT2D eigenvalue weighted by Crippen LogP contribution is 2.23. The Hall–Kier alpha value is -1.84. The molecule has 0 radical (unpaired) electrons. The maximum absolute atomic E-state index is 12.4. The number of piperidine rings is 1. The van der Waals surface area contributed by atoms with Crippen LogP contribution < -0.4 is 0 Å². The third-order valence-electron chi connectivity index (χ3n) is 4.79. The van der Waals surface area contributed by atoms with Gasteiger partial charge in [0.1, 0.15) is 0 Å². The van der Waals surface area contributed by atoms with Crippen LogP contribution in [0.1, 0.15) is 69.8 Å². The number of carbonyl (C=O) groups is 2. The summed E-state index contributed by atoms with van der Waals surface area (Å²) in [4.78, 5) is 26.4. The van der Waals surface area contributed by atoms with E-state index in [1.54, 1.807) is 12.1 Å². The number of benzene rings is 1. The third-order valence-corrected chi connectivity index (χ3v) is 4.79. The minimum atomic E-state index is -0.443. The number of rotatable bonds is 3. The largest absolute Gasteiger partial charge is 0.452 e. The highest BCUT2D eigenvalue weighted by atomic mass is 16.5. The van der Waals surface area contributed by atoms with Crippen LogP contribution in [0.4, 0.5) is 0 Å². The summed E-state index contributed by atoms with van der Waals surface area (Å²) in [5.74, 6) is -0.546. The lowest BCUT2D eigenvalue weighted by molar-refractivity contribution is -0.140. The Morgan fingerprint density at radius 2 is 1.62 bits per heavy atom. The smallest absolute Gasteiger partial charge is 0.338 e. The van der Waals surface area contributed by atoms with E-state index in [9.17, 15) is 9.59 Å². The zero-order chi connectivity index (χ0) is 17.9. The quantitative estimate of drug-likeness (QED) is 0.788. The summed E-state index contributed by atoms with van der Waals surface area (Å²) in [5, 5.41) is 0. The van der Waals surface area contributed by atoms with E-state index in [2.05, 4.69) is 34.6 Å². The molecule has 0 bridgehead atoms. The van der Waals surface area contributed by atoms with Crippen molar-refractivity contribution in [2.45, 2.75) is 71.4 Å². The van der Waals surface area contributed by atoms with Crippen LogP contribution in [0.3, 0.4) is 0 Å². The van der Waals surface area contributed by atoms with E-state index >= 15 is 0 Å². The van der Waals surface area contributed by atoms with Crippen molar-refractivity contribution in [2.75, 3.05) is 6.61 Å². The summed E-state index contributed by atoms with van der Waals surface area (Å²) in [7, 11) is 0. The van der Waals surface area contributed by atoms with Gasteiger partial charge in [0.25, 0.3) is 5.91 Å². The van der Waals surface area contributed by atoms with Crippen LogP contribution in [-0.2, 0) is 14.9 Å². The Labute approximate surface area is 145 Å². The molecular formula is C20H29NO3. The highest BCUT2D eigenvalue weighted by Gasteiger charge is 2.29. The molecule has 1 saturated heterocycles. The van der Waals surface area contributed by atoms with E-state index in [1.165, 1.54) is 0 Å². The number of likely N-dealkylation sites (tertiary alicyclic amines) is 1. The fourth-order valence-electron chi connectivity index (χ4n) is 3.30. The minimum absolute atomic E-state index is 0.0406. The van der Waals surface area contributed by atoms with Crippen molar-refractivity contribution in [3.63, 3.8) is 0 Å². The molecule has 0 aliphatic carbocycles. The van der Waals surface area contributed by atoms with Crippen molar-refractivity contribution in [3.8, 4) is 0 Å². The lowest BCUT2D eigenvalue weighted by Crippen LogP contribution is -2.49. The van der Waals surface area contributed by atoms with Crippen LogP contribution in [0.5, 0.6) is 0 Å². The maximum atomic E-state index is 12.4. The molecule has 132 valence electrons. The van der Waals surface area contributed by atoms with Gasteiger partial charge in [0, 0.05) is 12.1 Å². The summed E-state index contributed by atoms with van der Waals surface area (Å²) in [6.07, 6.45) is 3.17. The Bertz CT molecular complexity index is 576. The molecule has 0 spiro atoms. The van der Waals surface area contributed by atoms with Gasteiger partial charge in [-0.3, -0.25) is 4.79 Å². The normalized spacial score (nSPS) is 21.5. The predicted molar refractivity (Wildman–Crippen MR) is 95.0 cm³/mol. The Morgan fingerprint density at radius 3 is 2.12 bits per heavy atom. The molecule has 0 N–H and O–H groups in total. The van der Waals surface area contributed by atoms with Crippen LogP contribution in [0.25, 0.3) is 0 Å². The molecule has 2 unspecified atom stereocenters. The first-order valence-electron chi connectivity index (χ1n) is 8.79. The Morgan fingerprint density at radius 1 is 1.08 bits per heavy atom. The maximum Gasteiger partial charge on any atom is 0.338 e. The van der Waals surface area contributed by atoms with Gasteiger partial charge in [0.05, 0.1) is 5.56 Å². The van der Waals surface area contributed by atoms with Gasteiger partial charge in [-0.15, -0.1) is 0 Å². The lowest BCUT2D eigenvalue weighted by Gasteiger charge is -2.38. The molecule has 2 atom stereocenters. The standard InChI is InChI=1S/C20H29NO3/c1-14-7-6-8-15(2)21(14)18(22)13-24-19(23)16-9-11-17(12-10-16)20(3,4)5/h9-12,14-15H,6-8,13H2,1-5H3. The van der Waals surface area contributed by atoms with Gasteiger partial charge < -0.3 is 9.64 Å². The molecule has 1 amide bonds. The second kappa shape index (κ2) is 7.37. The van der Waals surface area contributed by atoms with Gasteiger partial charge in [-0.1, -0.05) is 32.9 Å². The van der Waals surface area contributed by atoms with Crippen molar-refractivity contribution in [1.82, 2.24) is 4.90 Å². The molecule has 1 heterocycles. The van der Waals surface area contributed by atoms with Crippen LogP contribution in [-0.4, -0.2) is 35.5 Å². The minimum Gasteiger partial charge on any atom is -0.452 e. The molecule has 1 fully saturated rings. The van der Waals surface area contributed by atoms with Gasteiger partial charge in [-0.25, -0.2) is 4.79 Å². The molecule has 2 rings (SSSR count). The third kappa shape index (κ3) is 4.37. The van der Waals surface area contributed by atoms with E-state index in [0.717, 1.165) is 24.8 Å². The predicted octanol–water partition coefficient (Wildman–Crippen LogP) is 3.93. The van der Waals surface area contributed by atoms with E-state index < -0.39 is 5.97 Å². The zero-order valence-corrected chi connectivity index (χ0v) is 15.5. The molecule has 1 aliphatic rings. The molecule has 4 heteroatoms. The average molecular weight is 331 g/mol. The van der Waals surface area contributed by atoms with Crippen molar-refractivity contribution < 1.29 is 14.3 Å². The summed E-state index contributed by atoms with van der Waals surface area (Å²) in [6.45, 7) is 10.3. The average Bonchev–Trinajstić information content (AvgIpc) is 2.51. The summed E-state index contributed by atoms with van der Waals surface area (Å²) in [6, 6.07) is 7.83. The first-order valence-corrected chi connectivity index (χ1v) is 8.79. The van der Waals surface area contributed by atoms with Gasteiger partial charge in [0.15, 0.2) is 6.61 Å². The number of ether oxygens (including phenoxy) is 1. The topological polar surface area (TPSA) is 46.6 Å². The second-order valence-electron chi connectivity index (χ2n) is 7.83. The molecule has 1 aliphatic heterocycles. The van der Waals surface area contributed by atoms with Crippen LogP contribution in [0.2, 0.25) is 0 Å². The number of carbonyl (C=O) groups excluding carboxylic acids is 2. The van der Waals surface area contributed by atoms with E-state index in [4.69, 9.17) is 4.74 Å². The summed E-state index contributed by atoms with van der Waals surface area (Å²) >= 11 is 0. The van der Waals surface area contributed by atoms with Crippen molar-refractivity contribution in [2.24, 2.45) is 0 Å². The van der Waals surface area contributed by atoms with Gasteiger partial charge in [0.2, 0.25) is 0 Å². The number of hydrogen-bond acceptors (Lipinski definition) is 3. The fraction of sp³-hybridized carbons (Fsp3) is 0.600. The zero-order valence-electron chi connectivity index (χ0n) is 15.5. The van der Waals surface area contributed by atoms with E-state index in [1.807, 2.05) is 17.0 Å². The number of hydrogen-bond donors (Lipinski definition) is 0. The van der Waals surface area contributed by atoms with E-state index in [0.29, 0.717) is 5.56 Å². The number of amides is 1. The Kier molecular flexibility index (Phi) is 5.68. The molecule has 4 nitrogen and oxygen atoms in total. The van der Waals surface area contributed by atoms with Crippen molar-refractivity contribution >= 4 is 11.9 Å².